The van der Waals surface area contributed by atoms with E-state index in [4.69, 9.17) is 16.6 Å². The molecule has 0 saturated heterocycles. The molecule has 0 fully saturated rings. The molecule has 1 heterocycles. The summed E-state index contributed by atoms with van der Waals surface area (Å²) in [7, 11) is 0. The molecule has 0 atom stereocenters. The van der Waals surface area contributed by atoms with Crippen LogP contribution in [0.3, 0.4) is 0 Å². The SMILES string of the molecule is Cc1nc(C)nc(N)n1.N=C(N)N.N=C(N)N. The zero-order valence-electron chi connectivity index (χ0n) is 9.73. The van der Waals surface area contributed by atoms with Crippen molar-refractivity contribution in [2.45, 2.75) is 13.8 Å². The van der Waals surface area contributed by atoms with Crippen LogP contribution >= 0.6 is 0 Å². The molecule has 0 bridgehead atoms. The van der Waals surface area contributed by atoms with Crippen LogP contribution in [0.2, 0.25) is 0 Å². The fourth-order valence-electron chi connectivity index (χ4n) is 0.641. The molecule has 0 aromatic carbocycles. The first-order valence-electron chi connectivity index (χ1n) is 4.29. The first kappa shape index (κ1) is 16.8. The zero-order chi connectivity index (χ0) is 14.0. The van der Waals surface area contributed by atoms with Crippen LogP contribution in [-0.2, 0) is 0 Å². The smallest absolute Gasteiger partial charge is 0.223 e. The van der Waals surface area contributed by atoms with Crippen LogP contribution < -0.4 is 28.7 Å². The fourth-order valence-corrected chi connectivity index (χ4v) is 0.641. The van der Waals surface area contributed by atoms with Gasteiger partial charge in [0, 0.05) is 0 Å². The number of nitrogen functional groups attached to an aromatic ring is 1. The molecule has 96 valence electrons. The first-order chi connectivity index (χ1) is 7.65. The highest BCUT2D eigenvalue weighted by molar-refractivity contribution is 5.72. The number of nitrogens with zero attached hydrogens (tertiary/aromatic N) is 3. The molecule has 0 radical (unpaired) electrons. The normalized spacial score (nSPS) is 7.88. The van der Waals surface area contributed by atoms with Gasteiger partial charge in [0.15, 0.2) is 11.9 Å². The lowest BCUT2D eigenvalue weighted by molar-refractivity contribution is 0.933. The number of hydrogen-bond acceptors (Lipinski definition) is 6. The van der Waals surface area contributed by atoms with Crippen LogP contribution in [0.1, 0.15) is 11.6 Å². The van der Waals surface area contributed by atoms with Crippen LogP contribution in [-0.4, -0.2) is 26.9 Å². The summed E-state index contributed by atoms with van der Waals surface area (Å²) in [6.07, 6.45) is 0. The number of hydrogen-bond donors (Lipinski definition) is 7. The Balaban J connectivity index is 0. The summed E-state index contributed by atoms with van der Waals surface area (Å²) in [6.45, 7) is 3.57. The molecule has 10 nitrogen and oxygen atoms in total. The first-order valence-corrected chi connectivity index (χ1v) is 4.29. The van der Waals surface area contributed by atoms with Gasteiger partial charge < -0.3 is 28.7 Å². The van der Waals surface area contributed by atoms with Crippen molar-refractivity contribution in [1.29, 1.82) is 10.8 Å². The molecule has 10 heteroatoms. The molecule has 12 N–H and O–H groups in total. The van der Waals surface area contributed by atoms with Gasteiger partial charge in [-0.3, -0.25) is 10.8 Å². The predicted octanol–water partition coefficient (Wildman–Crippen LogP) is -2.25. The summed E-state index contributed by atoms with van der Waals surface area (Å²) >= 11 is 0. The van der Waals surface area contributed by atoms with Crippen molar-refractivity contribution in [3.05, 3.63) is 11.6 Å². The second-order valence-corrected chi connectivity index (χ2v) is 2.70. The van der Waals surface area contributed by atoms with Gasteiger partial charge in [0.25, 0.3) is 0 Å². The largest absolute Gasteiger partial charge is 0.370 e. The standard InChI is InChI=1S/C5H8N4.2CH5N3/c1-3-7-4(2)9-5(6)8-3;2*2-1(3)4/h1-2H3,(H2,6,7,8,9);2*(H5,2,3,4). The molecular formula is C7H18N10. The predicted molar refractivity (Wildman–Crippen MR) is 65.9 cm³/mol. The molecule has 1 aromatic heterocycles. The summed E-state index contributed by atoms with van der Waals surface area (Å²) in [5.41, 5.74) is 23.2. The Kier molecular flexibility index (Phi) is 8.52. The third kappa shape index (κ3) is 19.7. The van der Waals surface area contributed by atoms with E-state index in [-0.39, 0.29) is 11.9 Å². The highest BCUT2D eigenvalue weighted by Gasteiger charge is 1.92. The lowest BCUT2D eigenvalue weighted by Gasteiger charge is -1.93. The fraction of sp³-hybridized carbons (Fsp3) is 0.286. The second-order valence-electron chi connectivity index (χ2n) is 2.70. The van der Waals surface area contributed by atoms with E-state index in [1.807, 2.05) is 0 Å². The third-order valence-electron chi connectivity index (χ3n) is 0.876. The summed E-state index contributed by atoms with van der Waals surface area (Å²) < 4.78 is 0. The Morgan fingerprint density at radius 2 is 1.06 bits per heavy atom. The Bertz CT molecular complexity index is 302. The van der Waals surface area contributed by atoms with Gasteiger partial charge >= 0.3 is 0 Å². The maximum absolute atomic E-state index is 6.06. The monoisotopic (exact) mass is 242 g/mol. The number of nitrogens with two attached hydrogens (primary N) is 5. The molecular weight excluding hydrogens is 224 g/mol. The molecule has 0 aliphatic rings. The van der Waals surface area contributed by atoms with E-state index in [9.17, 15) is 0 Å². The van der Waals surface area contributed by atoms with Crippen molar-refractivity contribution in [2.24, 2.45) is 22.9 Å². The summed E-state index contributed by atoms with van der Waals surface area (Å²) in [4.78, 5) is 11.5. The number of rotatable bonds is 0. The molecule has 0 aliphatic carbocycles. The molecule has 0 spiro atoms. The van der Waals surface area contributed by atoms with Crippen LogP contribution in [0.4, 0.5) is 5.95 Å². The zero-order valence-corrected chi connectivity index (χ0v) is 9.73. The second kappa shape index (κ2) is 8.64. The van der Waals surface area contributed by atoms with Crippen LogP contribution in [0, 0.1) is 24.7 Å². The number of guanidine groups is 2. The van der Waals surface area contributed by atoms with E-state index in [1.54, 1.807) is 13.8 Å². The average Bonchev–Trinajstić information content (AvgIpc) is 1.96. The Morgan fingerprint density at radius 1 is 0.824 bits per heavy atom. The summed E-state index contributed by atoms with van der Waals surface area (Å²) in [5.74, 6) is 0.958. The molecule has 0 unspecified atom stereocenters. The quantitative estimate of drug-likeness (QED) is 0.194. The van der Waals surface area contributed by atoms with Gasteiger partial charge in [0.1, 0.15) is 11.6 Å². The average molecular weight is 242 g/mol. The van der Waals surface area contributed by atoms with Gasteiger partial charge in [0.2, 0.25) is 5.95 Å². The number of aromatic nitrogens is 3. The highest BCUT2D eigenvalue weighted by Crippen LogP contribution is 1.92. The van der Waals surface area contributed by atoms with Gasteiger partial charge in [0.05, 0.1) is 0 Å². The van der Waals surface area contributed by atoms with Gasteiger partial charge in [-0.2, -0.15) is 9.97 Å². The Hall–Kier alpha value is -2.65. The van der Waals surface area contributed by atoms with Crippen LogP contribution in [0.25, 0.3) is 0 Å². The van der Waals surface area contributed by atoms with E-state index in [0.717, 1.165) is 0 Å². The number of aryl methyl sites for hydroxylation is 2. The topological polar surface area (TPSA) is 216 Å². The Morgan fingerprint density at radius 3 is 1.24 bits per heavy atom. The maximum atomic E-state index is 6.06. The van der Waals surface area contributed by atoms with E-state index < -0.39 is 0 Å². The van der Waals surface area contributed by atoms with Crippen LogP contribution in [0.15, 0.2) is 0 Å². The minimum Gasteiger partial charge on any atom is -0.370 e. The molecule has 0 aliphatic heterocycles. The van der Waals surface area contributed by atoms with E-state index in [1.165, 1.54) is 0 Å². The minimum absolute atomic E-state index is 0.292. The molecule has 17 heavy (non-hydrogen) atoms. The van der Waals surface area contributed by atoms with Crippen molar-refractivity contribution in [1.82, 2.24) is 15.0 Å². The molecule has 0 saturated carbocycles. The van der Waals surface area contributed by atoms with Gasteiger partial charge in [-0.1, -0.05) is 0 Å². The van der Waals surface area contributed by atoms with Gasteiger partial charge in [-0.25, -0.2) is 4.98 Å². The number of nitrogens with one attached hydrogen (secondary N) is 2. The summed E-state index contributed by atoms with van der Waals surface area (Å²) in [6, 6.07) is 0. The third-order valence-corrected chi connectivity index (χ3v) is 0.876. The van der Waals surface area contributed by atoms with E-state index >= 15 is 0 Å². The highest BCUT2D eigenvalue weighted by atomic mass is 15.1. The number of anilines is 1. The van der Waals surface area contributed by atoms with Crippen molar-refractivity contribution in [3.63, 3.8) is 0 Å². The minimum atomic E-state index is -0.333. The van der Waals surface area contributed by atoms with Crippen molar-refractivity contribution in [2.75, 3.05) is 5.73 Å². The van der Waals surface area contributed by atoms with Gasteiger partial charge in [-0.15, -0.1) is 0 Å². The molecule has 1 aromatic rings. The Labute approximate surface area is 98.6 Å². The van der Waals surface area contributed by atoms with Gasteiger partial charge in [-0.05, 0) is 13.8 Å². The van der Waals surface area contributed by atoms with Crippen LogP contribution in [0.5, 0.6) is 0 Å². The van der Waals surface area contributed by atoms with E-state index in [0.29, 0.717) is 17.6 Å². The maximum Gasteiger partial charge on any atom is 0.223 e. The van der Waals surface area contributed by atoms with Crippen molar-refractivity contribution >= 4 is 17.9 Å². The summed E-state index contributed by atoms with van der Waals surface area (Å²) in [5, 5.41) is 12.1. The molecule has 1 rings (SSSR count). The lowest BCUT2D eigenvalue weighted by atomic mass is 10.6. The van der Waals surface area contributed by atoms with Crippen molar-refractivity contribution in [3.8, 4) is 0 Å². The van der Waals surface area contributed by atoms with E-state index in [2.05, 4.69) is 37.9 Å². The molecule has 0 amide bonds. The lowest BCUT2D eigenvalue weighted by Crippen LogP contribution is -2.20. The van der Waals surface area contributed by atoms with Crippen molar-refractivity contribution < 1.29 is 0 Å².